The van der Waals surface area contributed by atoms with E-state index in [4.69, 9.17) is 4.74 Å². The predicted molar refractivity (Wildman–Crippen MR) is 60.0 cm³/mol. The molecule has 1 aliphatic heterocycles. The van der Waals surface area contributed by atoms with Gasteiger partial charge in [0.1, 0.15) is 11.9 Å². The first kappa shape index (κ1) is 13.5. The van der Waals surface area contributed by atoms with Gasteiger partial charge in [-0.15, -0.1) is 0 Å². The highest BCUT2D eigenvalue weighted by atomic mass is 19.4. The number of carbonyl (C=O) groups excluding carboxylic acids is 1. The Bertz CT molecular complexity index is 437. The molecule has 1 aromatic carbocycles. The number of nitrogens with one attached hydrogen (secondary N) is 1. The van der Waals surface area contributed by atoms with Crippen molar-refractivity contribution < 1.29 is 27.4 Å². The molecule has 0 spiro atoms. The maximum atomic E-state index is 11.8. The van der Waals surface area contributed by atoms with Crippen LogP contribution in [0.3, 0.4) is 0 Å². The number of alkyl halides is 3. The molecule has 19 heavy (non-hydrogen) atoms. The number of benzene rings is 1. The van der Waals surface area contributed by atoms with E-state index in [-0.39, 0.29) is 12.6 Å². The number of hydrogen-bond acceptors (Lipinski definition) is 3. The molecule has 0 fully saturated rings. The number of para-hydroxylation sites is 1. The normalized spacial score (nSPS) is 17.5. The van der Waals surface area contributed by atoms with Crippen molar-refractivity contribution in [3.8, 4) is 5.75 Å². The number of amides is 1. The van der Waals surface area contributed by atoms with E-state index in [0.717, 1.165) is 11.3 Å². The van der Waals surface area contributed by atoms with E-state index in [1.807, 2.05) is 18.2 Å². The highest BCUT2D eigenvalue weighted by molar-refractivity contribution is 5.67. The van der Waals surface area contributed by atoms with Crippen LogP contribution in [-0.4, -0.2) is 31.5 Å². The Labute approximate surface area is 107 Å². The number of alkyl carbamates (subject to hydrolysis) is 1. The SMILES string of the molecule is O=C(NCC1Cc2ccccc2O1)OCC(F)(F)F. The summed E-state index contributed by atoms with van der Waals surface area (Å²) in [5, 5.41) is 2.25. The first-order valence-electron chi connectivity index (χ1n) is 5.66. The molecular formula is C12H12F3NO3. The highest BCUT2D eigenvalue weighted by Gasteiger charge is 2.30. The molecule has 0 saturated carbocycles. The maximum Gasteiger partial charge on any atom is 0.422 e. The van der Waals surface area contributed by atoms with Crippen molar-refractivity contribution in [3.63, 3.8) is 0 Å². The summed E-state index contributed by atoms with van der Waals surface area (Å²) in [5.41, 5.74) is 1.01. The van der Waals surface area contributed by atoms with Crippen LogP contribution in [0.2, 0.25) is 0 Å². The smallest absolute Gasteiger partial charge is 0.422 e. The van der Waals surface area contributed by atoms with Gasteiger partial charge in [-0.05, 0) is 11.6 Å². The van der Waals surface area contributed by atoms with E-state index < -0.39 is 18.9 Å². The second-order valence-corrected chi connectivity index (χ2v) is 4.12. The fourth-order valence-corrected chi connectivity index (χ4v) is 1.76. The van der Waals surface area contributed by atoms with Crippen molar-refractivity contribution in [1.82, 2.24) is 5.32 Å². The fourth-order valence-electron chi connectivity index (χ4n) is 1.76. The summed E-state index contributed by atoms with van der Waals surface area (Å²) in [6, 6.07) is 7.40. The average molecular weight is 275 g/mol. The minimum absolute atomic E-state index is 0.103. The Kier molecular flexibility index (Phi) is 3.82. The molecule has 1 N–H and O–H groups in total. The van der Waals surface area contributed by atoms with Gasteiger partial charge in [0.05, 0.1) is 6.54 Å². The van der Waals surface area contributed by atoms with E-state index in [9.17, 15) is 18.0 Å². The third-order valence-corrected chi connectivity index (χ3v) is 2.55. The Morgan fingerprint density at radius 1 is 1.42 bits per heavy atom. The highest BCUT2D eigenvalue weighted by Crippen LogP contribution is 2.27. The molecule has 2 rings (SSSR count). The van der Waals surface area contributed by atoms with Crippen molar-refractivity contribution in [1.29, 1.82) is 0 Å². The molecule has 4 nitrogen and oxygen atoms in total. The van der Waals surface area contributed by atoms with Crippen LogP contribution in [0.15, 0.2) is 24.3 Å². The van der Waals surface area contributed by atoms with Crippen LogP contribution in [-0.2, 0) is 11.2 Å². The first-order chi connectivity index (χ1) is 8.94. The number of fused-ring (bicyclic) bond motifs is 1. The van der Waals surface area contributed by atoms with Gasteiger partial charge < -0.3 is 14.8 Å². The molecule has 1 aliphatic rings. The Morgan fingerprint density at radius 2 is 2.16 bits per heavy atom. The summed E-state index contributed by atoms with van der Waals surface area (Å²) in [4.78, 5) is 11.0. The molecule has 1 unspecified atom stereocenters. The summed E-state index contributed by atoms with van der Waals surface area (Å²) in [7, 11) is 0. The van der Waals surface area contributed by atoms with Crippen molar-refractivity contribution in [3.05, 3.63) is 29.8 Å². The van der Waals surface area contributed by atoms with E-state index >= 15 is 0 Å². The Balaban J connectivity index is 1.72. The maximum absolute atomic E-state index is 11.8. The second kappa shape index (κ2) is 5.38. The van der Waals surface area contributed by atoms with Gasteiger partial charge in [0.2, 0.25) is 0 Å². The van der Waals surface area contributed by atoms with Gasteiger partial charge in [0.25, 0.3) is 0 Å². The molecule has 0 aromatic heterocycles. The standard InChI is InChI=1S/C12H12F3NO3/c13-12(14,15)7-18-11(17)16-6-9-5-8-3-1-2-4-10(8)19-9/h1-4,9H,5-7H2,(H,16,17). The Morgan fingerprint density at radius 3 is 2.84 bits per heavy atom. The van der Waals surface area contributed by atoms with Crippen LogP contribution < -0.4 is 10.1 Å². The monoisotopic (exact) mass is 275 g/mol. The minimum Gasteiger partial charge on any atom is -0.488 e. The van der Waals surface area contributed by atoms with E-state index in [0.29, 0.717) is 6.42 Å². The summed E-state index contributed by atoms with van der Waals surface area (Å²) in [6.45, 7) is -1.49. The van der Waals surface area contributed by atoms with Crippen molar-refractivity contribution in [2.24, 2.45) is 0 Å². The van der Waals surface area contributed by atoms with Gasteiger partial charge in [-0.3, -0.25) is 0 Å². The van der Waals surface area contributed by atoms with E-state index in [1.54, 1.807) is 6.07 Å². The molecule has 0 radical (unpaired) electrons. The van der Waals surface area contributed by atoms with Crippen molar-refractivity contribution in [2.45, 2.75) is 18.7 Å². The molecule has 7 heteroatoms. The molecule has 1 aromatic rings. The number of carbonyl (C=O) groups is 1. The number of rotatable bonds is 3. The van der Waals surface area contributed by atoms with Gasteiger partial charge in [0, 0.05) is 6.42 Å². The largest absolute Gasteiger partial charge is 0.488 e. The summed E-state index contributed by atoms with van der Waals surface area (Å²) in [6.07, 6.45) is -5.29. The summed E-state index contributed by atoms with van der Waals surface area (Å²) < 4.78 is 44.9. The van der Waals surface area contributed by atoms with Gasteiger partial charge in [-0.1, -0.05) is 18.2 Å². The Hall–Kier alpha value is -1.92. The third-order valence-electron chi connectivity index (χ3n) is 2.55. The van der Waals surface area contributed by atoms with E-state index in [1.165, 1.54) is 0 Å². The summed E-state index contributed by atoms with van der Waals surface area (Å²) in [5.74, 6) is 0.734. The molecule has 0 saturated heterocycles. The lowest BCUT2D eigenvalue weighted by molar-refractivity contribution is -0.160. The van der Waals surface area contributed by atoms with E-state index in [2.05, 4.69) is 10.1 Å². The second-order valence-electron chi connectivity index (χ2n) is 4.12. The lowest BCUT2D eigenvalue weighted by atomic mass is 10.1. The number of ether oxygens (including phenoxy) is 2. The van der Waals surface area contributed by atoms with Crippen LogP contribution >= 0.6 is 0 Å². The minimum atomic E-state index is -4.52. The van der Waals surface area contributed by atoms with Crippen LogP contribution in [0.1, 0.15) is 5.56 Å². The van der Waals surface area contributed by atoms with Gasteiger partial charge >= 0.3 is 12.3 Å². The zero-order valence-corrected chi connectivity index (χ0v) is 9.87. The van der Waals surface area contributed by atoms with Crippen molar-refractivity contribution in [2.75, 3.05) is 13.2 Å². The van der Waals surface area contributed by atoms with Gasteiger partial charge in [-0.25, -0.2) is 4.79 Å². The van der Waals surface area contributed by atoms with Crippen molar-refractivity contribution >= 4 is 6.09 Å². The van der Waals surface area contributed by atoms with Crippen LogP contribution in [0.5, 0.6) is 5.75 Å². The molecule has 1 heterocycles. The quantitative estimate of drug-likeness (QED) is 0.920. The molecule has 0 bridgehead atoms. The first-order valence-corrected chi connectivity index (χ1v) is 5.66. The molecule has 104 valence electrons. The molecular weight excluding hydrogens is 263 g/mol. The topological polar surface area (TPSA) is 47.6 Å². The van der Waals surface area contributed by atoms with Gasteiger partial charge in [-0.2, -0.15) is 13.2 Å². The average Bonchev–Trinajstić information content (AvgIpc) is 2.75. The number of hydrogen-bond donors (Lipinski definition) is 1. The third kappa shape index (κ3) is 4.04. The number of halogens is 3. The molecule has 1 amide bonds. The summed E-state index contributed by atoms with van der Waals surface area (Å²) >= 11 is 0. The lowest BCUT2D eigenvalue weighted by Crippen LogP contribution is -2.36. The zero-order chi connectivity index (χ0) is 13.9. The molecule has 1 atom stereocenters. The van der Waals surface area contributed by atoms with Crippen LogP contribution in [0.4, 0.5) is 18.0 Å². The predicted octanol–water partition coefficient (Wildman–Crippen LogP) is 2.28. The fraction of sp³-hybridized carbons (Fsp3) is 0.417. The van der Waals surface area contributed by atoms with Gasteiger partial charge in [0.15, 0.2) is 6.61 Å². The zero-order valence-electron chi connectivity index (χ0n) is 9.87. The van der Waals surface area contributed by atoms with Crippen LogP contribution in [0, 0.1) is 0 Å². The molecule has 0 aliphatic carbocycles. The van der Waals surface area contributed by atoms with Crippen LogP contribution in [0.25, 0.3) is 0 Å². The lowest BCUT2D eigenvalue weighted by Gasteiger charge is -2.12.